The molecule has 1 fully saturated rings. The van der Waals surface area contributed by atoms with Crippen LogP contribution < -0.4 is 15.4 Å². The summed E-state index contributed by atoms with van der Waals surface area (Å²) in [5, 5.41) is 9.65. The van der Waals surface area contributed by atoms with Gasteiger partial charge >= 0.3 is 0 Å². The van der Waals surface area contributed by atoms with Crippen LogP contribution in [0.1, 0.15) is 24.2 Å². The third kappa shape index (κ3) is 3.32. The molecular formula is C17H18ClN3O4. The molecule has 1 aliphatic carbocycles. The summed E-state index contributed by atoms with van der Waals surface area (Å²) in [6, 6.07) is 4.94. The van der Waals surface area contributed by atoms with Crippen LogP contribution >= 0.6 is 11.6 Å². The van der Waals surface area contributed by atoms with Crippen molar-refractivity contribution >= 4 is 34.9 Å². The van der Waals surface area contributed by atoms with Gasteiger partial charge in [0.05, 0.1) is 12.8 Å². The van der Waals surface area contributed by atoms with Gasteiger partial charge in [0.15, 0.2) is 5.82 Å². The van der Waals surface area contributed by atoms with Gasteiger partial charge in [0.25, 0.3) is 0 Å². The van der Waals surface area contributed by atoms with Crippen LogP contribution in [0.15, 0.2) is 22.7 Å². The fraction of sp³-hybridized carbons (Fsp3) is 0.353. The van der Waals surface area contributed by atoms with Crippen molar-refractivity contribution in [2.75, 3.05) is 17.7 Å². The predicted molar refractivity (Wildman–Crippen MR) is 92.9 cm³/mol. The number of halogens is 1. The number of methoxy groups -OCH3 is 1. The largest absolute Gasteiger partial charge is 0.495 e. The molecule has 0 spiro atoms. The summed E-state index contributed by atoms with van der Waals surface area (Å²) in [5.74, 6) is 0.521. The average Bonchev–Trinajstić information content (AvgIpc) is 3.29. The minimum Gasteiger partial charge on any atom is -0.495 e. The van der Waals surface area contributed by atoms with E-state index in [1.54, 1.807) is 25.1 Å². The second kappa shape index (κ2) is 6.40. The number of nitrogens with zero attached hydrogens (tertiary/aromatic N) is 1. The van der Waals surface area contributed by atoms with Gasteiger partial charge in [0.2, 0.25) is 11.8 Å². The fourth-order valence-corrected chi connectivity index (χ4v) is 2.67. The topological polar surface area (TPSA) is 93.5 Å². The van der Waals surface area contributed by atoms with Crippen LogP contribution in [0.3, 0.4) is 0 Å². The van der Waals surface area contributed by atoms with E-state index in [0.29, 0.717) is 40.9 Å². The van der Waals surface area contributed by atoms with Crippen LogP contribution in [0, 0.1) is 19.3 Å². The van der Waals surface area contributed by atoms with E-state index in [1.807, 2.05) is 6.92 Å². The maximum Gasteiger partial charge on any atom is 0.241 e. The molecule has 0 radical (unpaired) electrons. The maximum atomic E-state index is 12.7. The van der Waals surface area contributed by atoms with Crippen LogP contribution in [0.5, 0.6) is 5.75 Å². The molecule has 0 aliphatic heterocycles. The summed E-state index contributed by atoms with van der Waals surface area (Å²) in [6.07, 6.45) is 0.937. The second-order valence-corrected chi connectivity index (χ2v) is 6.52. The van der Waals surface area contributed by atoms with Gasteiger partial charge in [0.1, 0.15) is 16.9 Å². The first-order chi connectivity index (χ1) is 11.9. The Morgan fingerprint density at radius 3 is 2.44 bits per heavy atom. The first kappa shape index (κ1) is 17.3. The molecule has 3 rings (SSSR count). The molecule has 0 atom stereocenters. The summed E-state index contributed by atoms with van der Waals surface area (Å²) < 4.78 is 10.2. The zero-order valence-corrected chi connectivity index (χ0v) is 14.9. The number of hydrogen-bond donors (Lipinski definition) is 2. The Labute approximate surface area is 149 Å². The molecule has 1 aromatic heterocycles. The number of nitrogens with one attached hydrogen (secondary N) is 2. The molecule has 1 heterocycles. The van der Waals surface area contributed by atoms with Crippen LogP contribution in [-0.2, 0) is 9.59 Å². The number of aromatic nitrogens is 1. The minimum atomic E-state index is -1.11. The molecule has 8 heteroatoms. The number of rotatable bonds is 5. The maximum absolute atomic E-state index is 12.7. The van der Waals surface area contributed by atoms with E-state index < -0.39 is 11.3 Å². The summed E-state index contributed by atoms with van der Waals surface area (Å²) in [7, 11) is 1.49. The standard InChI is InChI=1S/C17H18ClN3O4/c1-9-6-12(13(24-3)8-11(9)18)19-15(22)17(4-5-17)16(23)20-14-7-10(2)25-21-14/h6-8H,4-5H2,1-3H3,(H,19,22)(H,20,21,23). The van der Waals surface area contributed by atoms with E-state index in [0.717, 1.165) is 5.56 Å². The number of amides is 2. The van der Waals surface area contributed by atoms with Crippen molar-refractivity contribution in [3.8, 4) is 5.75 Å². The van der Waals surface area contributed by atoms with Gasteiger partial charge in [-0.3, -0.25) is 9.59 Å². The Kier molecular flexibility index (Phi) is 4.43. The molecule has 132 valence electrons. The molecule has 0 bridgehead atoms. The van der Waals surface area contributed by atoms with Crippen molar-refractivity contribution in [3.05, 3.63) is 34.5 Å². The van der Waals surface area contributed by atoms with E-state index >= 15 is 0 Å². The number of carbonyl (C=O) groups is 2. The van der Waals surface area contributed by atoms with Crippen molar-refractivity contribution in [1.29, 1.82) is 0 Å². The van der Waals surface area contributed by atoms with E-state index in [1.165, 1.54) is 7.11 Å². The van der Waals surface area contributed by atoms with Gasteiger partial charge in [-0.05, 0) is 38.3 Å². The number of hydrogen-bond acceptors (Lipinski definition) is 5. The molecule has 1 saturated carbocycles. The zero-order valence-electron chi connectivity index (χ0n) is 14.1. The van der Waals surface area contributed by atoms with Crippen molar-refractivity contribution in [2.24, 2.45) is 5.41 Å². The van der Waals surface area contributed by atoms with Gasteiger partial charge in [0, 0.05) is 17.2 Å². The highest BCUT2D eigenvalue weighted by Gasteiger charge is 2.56. The molecule has 1 aliphatic rings. The number of aryl methyl sites for hydroxylation is 2. The number of ether oxygens (including phenoxy) is 1. The van der Waals surface area contributed by atoms with Crippen LogP contribution in [0.25, 0.3) is 0 Å². The Morgan fingerprint density at radius 1 is 1.20 bits per heavy atom. The lowest BCUT2D eigenvalue weighted by Crippen LogP contribution is -2.35. The molecule has 25 heavy (non-hydrogen) atoms. The molecule has 2 aromatic rings. The number of benzene rings is 1. The van der Waals surface area contributed by atoms with Crippen molar-refractivity contribution < 1.29 is 18.8 Å². The molecule has 0 unspecified atom stereocenters. The Balaban J connectivity index is 1.76. The normalized spacial score (nSPS) is 14.7. The van der Waals surface area contributed by atoms with Crippen molar-refractivity contribution in [2.45, 2.75) is 26.7 Å². The van der Waals surface area contributed by atoms with Crippen LogP contribution in [0.4, 0.5) is 11.5 Å². The molecule has 2 N–H and O–H groups in total. The quantitative estimate of drug-likeness (QED) is 0.795. The molecule has 2 amide bonds. The van der Waals surface area contributed by atoms with E-state index in [9.17, 15) is 9.59 Å². The second-order valence-electron chi connectivity index (χ2n) is 6.11. The van der Waals surface area contributed by atoms with Gasteiger partial charge < -0.3 is 19.9 Å². The predicted octanol–water partition coefficient (Wildman–Crippen LogP) is 3.31. The van der Waals surface area contributed by atoms with E-state index in [2.05, 4.69) is 15.8 Å². The summed E-state index contributed by atoms with van der Waals surface area (Å²) in [5.41, 5.74) is 0.168. The summed E-state index contributed by atoms with van der Waals surface area (Å²) >= 11 is 6.07. The van der Waals surface area contributed by atoms with Gasteiger partial charge in [-0.25, -0.2) is 0 Å². The van der Waals surface area contributed by atoms with Gasteiger partial charge in [-0.15, -0.1) is 0 Å². The first-order valence-corrected chi connectivity index (χ1v) is 8.14. The monoisotopic (exact) mass is 363 g/mol. The average molecular weight is 364 g/mol. The molecule has 0 saturated heterocycles. The van der Waals surface area contributed by atoms with E-state index in [4.69, 9.17) is 20.9 Å². The highest BCUT2D eigenvalue weighted by Crippen LogP contribution is 2.48. The molecule has 1 aromatic carbocycles. The van der Waals surface area contributed by atoms with Crippen molar-refractivity contribution in [3.63, 3.8) is 0 Å². The number of anilines is 2. The molecular weight excluding hydrogens is 346 g/mol. The Morgan fingerprint density at radius 2 is 1.88 bits per heavy atom. The lowest BCUT2D eigenvalue weighted by molar-refractivity contribution is -0.131. The van der Waals surface area contributed by atoms with E-state index in [-0.39, 0.29) is 5.91 Å². The van der Waals surface area contributed by atoms with Crippen LogP contribution in [-0.4, -0.2) is 24.1 Å². The Hall–Kier alpha value is -2.54. The highest BCUT2D eigenvalue weighted by atomic mass is 35.5. The lowest BCUT2D eigenvalue weighted by Gasteiger charge is -2.17. The highest BCUT2D eigenvalue weighted by molar-refractivity contribution is 6.31. The zero-order chi connectivity index (χ0) is 18.2. The summed E-state index contributed by atoms with van der Waals surface area (Å²) in [4.78, 5) is 25.2. The van der Waals surface area contributed by atoms with Gasteiger partial charge in [-0.1, -0.05) is 16.8 Å². The minimum absolute atomic E-state index is 0.293. The SMILES string of the molecule is COc1cc(Cl)c(C)cc1NC(=O)C1(C(=O)Nc2cc(C)on2)CC1. The molecule has 7 nitrogen and oxygen atoms in total. The third-order valence-electron chi connectivity index (χ3n) is 4.22. The number of carbonyl (C=O) groups excluding carboxylic acids is 2. The van der Waals surface area contributed by atoms with Crippen LogP contribution in [0.2, 0.25) is 5.02 Å². The van der Waals surface area contributed by atoms with Crippen molar-refractivity contribution in [1.82, 2.24) is 5.16 Å². The summed E-state index contributed by atoms with van der Waals surface area (Å²) in [6.45, 7) is 3.54. The Bertz CT molecular complexity index is 842. The fourth-order valence-electron chi connectivity index (χ4n) is 2.52. The first-order valence-electron chi connectivity index (χ1n) is 7.76. The smallest absolute Gasteiger partial charge is 0.241 e. The van der Waals surface area contributed by atoms with Gasteiger partial charge in [-0.2, -0.15) is 0 Å². The lowest BCUT2D eigenvalue weighted by atomic mass is 10.0. The third-order valence-corrected chi connectivity index (χ3v) is 4.63.